The molecule has 1 atom stereocenters. The number of nitrogens with one attached hydrogen (secondary N) is 3. The number of piperidine rings is 1. The van der Waals surface area contributed by atoms with Crippen molar-refractivity contribution in [3.8, 4) is 0 Å². The lowest BCUT2D eigenvalue weighted by atomic mass is 10.1. The first-order chi connectivity index (χ1) is 6.39. The Kier molecular flexibility index (Phi) is 6.10. The maximum Gasteiger partial charge on any atom is 0.0665 e. The first kappa shape index (κ1) is 10.9. The lowest BCUT2D eigenvalue weighted by Crippen LogP contribution is -2.39. The maximum atomic E-state index is 8.85. The van der Waals surface area contributed by atoms with Crippen LogP contribution in [0, 0.1) is 0 Å². The van der Waals surface area contributed by atoms with Crippen molar-refractivity contribution in [1.82, 2.24) is 16.0 Å². The lowest BCUT2D eigenvalue weighted by Gasteiger charge is -2.16. The molecule has 2 aliphatic rings. The van der Waals surface area contributed by atoms with Crippen LogP contribution in [0.3, 0.4) is 0 Å². The molecule has 4 nitrogen and oxygen atoms in total. The standard InChI is InChI=1S/C5H11NO.C4H10N2/c7-5-2-1-3-6-4-5;1-2-6-4-3-5-1/h5-7H,1-4H2;5-6H,1-4H2/t5-;/m0./s1. The predicted octanol–water partition coefficient (Wildman–Crippen LogP) is -1.09. The van der Waals surface area contributed by atoms with Crippen LogP contribution in [0.5, 0.6) is 0 Å². The second-order valence-electron chi connectivity index (χ2n) is 3.50. The number of aliphatic hydroxyl groups excluding tert-OH is 1. The molecule has 0 aromatic rings. The van der Waals surface area contributed by atoms with Gasteiger partial charge in [0, 0.05) is 32.7 Å². The number of hydrogen-bond donors (Lipinski definition) is 4. The fourth-order valence-electron chi connectivity index (χ4n) is 1.44. The van der Waals surface area contributed by atoms with Crippen molar-refractivity contribution in [2.75, 3.05) is 39.3 Å². The second-order valence-corrected chi connectivity index (χ2v) is 3.50. The molecule has 0 aliphatic carbocycles. The first-order valence-corrected chi connectivity index (χ1v) is 5.20. The van der Waals surface area contributed by atoms with Crippen molar-refractivity contribution in [2.24, 2.45) is 0 Å². The van der Waals surface area contributed by atoms with Crippen LogP contribution in [0.2, 0.25) is 0 Å². The topological polar surface area (TPSA) is 56.3 Å². The average molecular weight is 187 g/mol. The van der Waals surface area contributed by atoms with Crippen LogP contribution in [-0.4, -0.2) is 50.5 Å². The third-order valence-corrected chi connectivity index (χ3v) is 2.23. The number of hydrogen-bond acceptors (Lipinski definition) is 4. The summed E-state index contributed by atoms with van der Waals surface area (Å²) in [4.78, 5) is 0. The van der Waals surface area contributed by atoms with E-state index in [1.807, 2.05) is 0 Å². The molecule has 0 bridgehead atoms. The highest BCUT2D eigenvalue weighted by Gasteiger charge is 2.06. The Morgan fingerprint density at radius 3 is 1.69 bits per heavy atom. The molecule has 0 spiro atoms. The van der Waals surface area contributed by atoms with Crippen LogP contribution >= 0.6 is 0 Å². The van der Waals surface area contributed by atoms with Gasteiger partial charge in [-0.25, -0.2) is 0 Å². The summed E-state index contributed by atoms with van der Waals surface area (Å²) in [7, 11) is 0. The maximum absolute atomic E-state index is 8.85. The van der Waals surface area contributed by atoms with E-state index < -0.39 is 0 Å². The van der Waals surface area contributed by atoms with E-state index in [4.69, 9.17) is 5.11 Å². The Morgan fingerprint density at radius 2 is 1.46 bits per heavy atom. The summed E-state index contributed by atoms with van der Waals surface area (Å²) in [5, 5.41) is 18.4. The van der Waals surface area contributed by atoms with Crippen LogP contribution in [0.25, 0.3) is 0 Å². The summed E-state index contributed by atoms with van der Waals surface area (Å²) in [5.74, 6) is 0. The molecule has 2 fully saturated rings. The van der Waals surface area contributed by atoms with Gasteiger partial charge in [0.25, 0.3) is 0 Å². The van der Waals surface area contributed by atoms with Crippen molar-refractivity contribution >= 4 is 0 Å². The summed E-state index contributed by atoms with van der Waals surface area (Å²) in [6.45, 7) is 6.43. The molecule has 0 radical (unpaired) electrons. The van der Waals surface area contributed by atoms with Gasteiger partial charge in [-0.05, 0) is 19.4 Å². The molecule has 0 aromatic carbocycles. The summed E-state index contributed by atoms with van der Waals surface area (Å²) >= 11 is 0. The Labute approximate surface area is 80.1 Å². The Balaban J connectivity index is 0.000000132. The fraction of sp³-hybridized carbons (Fsp3) is 1.00. The molecule has 4 heteroatoms. The molecule has 0 amide bonds. The Morgan fingerprint density at radius 1 is 0.846 bits per heavy atom. The molecule has 0 saturated carbocycles. The van der Waals surface area contributed by atoms with Gasteiger partial charge >= 0.3 is 0 Å². The fourth-order valence-corrected chi connectivity index (χ4v) is 1.44. The predicted molar refractivity (Wildman–Crippen MR) is 53.8 cm³/mol. The van der Waals surface area contributed by atoms with Gasteiger partial charge in [0.05, 0.1) is 6.10 Å². The molecule has 2 saturated heterocycles. The Hall–Kier alpha value is -0.160. The summed E-state index contributed by atoms with van der Waals surface area (Å²) in [6.07, 6.45) is 2.03. The highest BCUT2D eigenvalue weighted by atomic mass is 16.3. The highest BCUT2D eigenvalue weighted by molar-refractivity contribution is 4.65. The molecule has 2 rings (SSSR count). The third-order valence-electron chi connectivity index (χ3n) is 2.23. The van der Waals surface area contributed by atoms with Crippen molar-refractivity contribution < 1.29 is 5.11 Å². The van der Waals surface area contributed by atoms with E-state index in [1.54, 1.807) is 0 Å². The number of aliphatic hydroxyl groups is 1. The smallest absolute Gasteiger partial charge is 0.0665 e. The van der Waals surface area contributed by atoms with Gasteiger partial charge in [-0.3, -0.25) is 0 Å². The van der Waals surface area contributed by atoms with E-state index in [0.29, 0.717) is 0 Å². The van der Waals surface area contributed by atoms with Crippen LogP contribution in [-0.2, 0) is 0 Å². The summed E-state index contributed by atoms with van der Waals surface area (Å²) < 4.78 is 0. The van der Waals surface area contributed by atoms with Gasteiger partial charge in [-0.1, -0.05) is 0 Å². The summed E-state index contributed by atoms with van der Waals surface area (Å²) in [5.41, 5.74) is 0. The van der Waals surface area contributed by atoms with Crippen LogP contribution in [0.4, 0.5) is 0 Å². The molecule has 2 aliphatic heterocycles. The zero-order chi connectivity index (χ0) is 9.36. The normalized spacial score (nSPS) is 28.8. The van der Waals surface area contributed by atoms with Gasteiger partial charge in [0.15, 0.2) is 0 Å². The van der Waals surface area contributed by atoms with Crippen molar-refractivity contribution in [3.63, 3.8) is 0 Å². The average Bonchev–Trinajstić information content (AvgIpc) is 2.22. The number of piperazine rings is 1. The number of β-amino-alcohol motifs (C(OH)–C–C–N with tert-alkyl or cyclic N) is 1. The van der Waals surface area contributed by atoms with Crippen LogP contribution < -0.4 is 16.0 Å². The second kappa shape index (κ2) is 7.26. The van der Waals surface area contributed by atoms with Gasteiger partial charge in [-0.2, -0.15) is 0 Å². The van der Waals surface area contributed by atoms with Gasteiger partial charge < -0.3 is 21.1 Å². The third kappa shape index (κ3) is 5.99. The monoisotopic (exact) mass is 187 g/mol. The molecular formula is C9H21N3O. The van der Waals surface area contributed by atoms with Crippen molar-refractivity contribution in [3.05, 3.63) is 0 Å². The van der Waals surface area contributed by atoms with E-state index >= 15 is 0 Å². The minimum absolute atomic E-state index is 0.0752. The minimum atomic E-state index is -0.0752. The molecule has 2 heterocycles. The van der Waals surface area contributed by atoms with E-state index in [9.17, 15) is 0 Å². The van der Waals surface area contributed by atoms with Gasteiger partial charge in [-0.15, -0.1) is 0 Å². The minimum Gasteiger partial charge on any atom is -0.392 e. The first-order valence-electron chi connectivity index (χ1n) is 5.20. The van der Waals surface area contributed by atoms with Crippen LogP contribution in [0.1, 0.15) is 12.8 Å². The van der Waals surface area contributed by atoms with Crippen molar-refractivity contribution in [1.29, 1.82) is 0 Å². The van der Waals surface area contributed by atoms with E-state index in [2.05, 4.69) is 16.0 Å². The molecular weight excluding hydrogens is 166 g/mol. The SMILES string of the molecule is C1CNCCN1.O[C@H]1CCCNC1. The molecule has 4 N–H and O–H groups in total. The van der Waals surface area contributed by atoms with E-state index in [0.717, 1.165) is 52.1 Å². The Bertz CT molecular complexity index is 99.9. The summed E-state index contributed by atoms with van der Waals surface area (Å²) in [6, 6.07) is 0. The highest BCUT2D eigenvalue weighted by Crippen LogP contribution is 1.98. The van der Waals surface area contributed by atoms with Gasteiger partial charge in [0.2, 0.25) is 0 Å². The lowest BCUT2D eigenvalue weighted by molar-refractivity contribution is 0.142. The van der Waals surface area contributed by atoms with E-state index in [-0.39, 0.29) is 6.10 Å². The number of rotatable bonds is 0. The molecule has 0 unspecified atom stereocenters. The quantitative estimate of drug-likeness (QED) is 0.389. The molecule has 0 aromatic heterocycles. The zero-order valence-corrected chi connectivity index (χ0v) is 8.18. The van der Waals surface area contributed by atoms with Crippen molar-refractivity contribution in [2.45, 2.75) is 18.9 Å². The molecule has 78 valence electrons. The van der Waals surface area contributed by atoms with Crippen LogP contribution in [0.15, 0.2) is 0 Å². The largest absolute Gasteiger partial charge is 0.392 e. The van der Waals surface area contributed by atoms with E-state index in [1.165, 1.54) is 0 Å². The zero-order valence-electron chi connectivity index (χ0n) is 8.18. The molecule has 13 heavy (non-hydrogen) atoms. The van der Waals surface area contributed by atoms with Gasteiger partial charge in [0.1, 0.15) is 0 Å².